The fourth-order valence-corrected chi connectivity index (χ4v) is 2.22. The van der Waals surface area contributed by atoms with E-state index in [-0.39, 0.29) is 24.4 Å². The van der Waals surface area contributed by atoms with Gasteiger partial charge in [-0.1, -0.05) is 17.7 Å². The van der Waals surface area contributed by atoms with Crippen molar-refractivity contribution in [2.75, 3.05) is 25.5 Å². The van der Waals surface area contributed by atoms with Crippen LogP contribution in [-0.4, -0.2) is 31.0 Å². The van der Waals surface area contributed by atoms with Gasteiger partial charge >= 0.3 is 0 Å². The van der Waals surface area contributed by atoms with Crippen molar-refractivity contribution in [1.29, 1.82) is 0 Å². The molecule has 0 saturated heterocycles. The number of hydrogen-bond acceptors (Lipinski definition) is 5. The molecule has 0 atom stereocenters. The Balaban J connectivity index is 1.94. The molecule has 7 nitrogen and oxygen atoms in total. The second-order valence-electron chi connectivity index (χ2n) is 4.80. The van der Waals surface area contributed by atoms with E-state index in [1.54, 1.807) is 31.3 Å². The number of halogens is 1. The fraction of sp³-hybridized carbons (Fsp3) is 0.188. The van der Waals surface area contributed by atoms with Gasteiger partial charge in [0, 0.05) is 29.9 Å². The van der Waals surface area contributed by atoms with Gasteiger partial charge in [-0.3, -0.25) is 14.9 Å². The summed E-state index contributed by atoms with van der Waals surface area (Å²) in [4.78, 5) is 22.5. The van der Waals surface area contributed by atoms with Gasteiger partial charge in [0.1, 0.15) is 12.4 Å². The molecule has 0 radical (unpaired) electrons. The summed E-state index contributed by atoms with van der Waals surface area (Å²) in [6.07, 6.45) is 0. The van der Waals surface area contributed by atoms with Crippen LogP contribution in [0.2, 0.25) is 5.02 Å². The molecule has 2 aromatic rings. The number of benzene rings is 2. The quantitative estimate of drug-likeness (QED) is 0.455. The molecule has 0 aliphatic carbocycles. The SMILES string of the molecule is CNc1ccc([N+](=O)[O-])cc1C(=O)NCCOc1cccc(Cl)c1. The third-order valence-corrected chi connectivity index (χ3v) is 3.42. The Kier molecular flexibility index (Phi) is 5.97. The average molecular weight is 350 g/mol. The highest BCUT2D eigenvalue weighted by molar-refractivity contribution is 6.30. The molecule has 0 aromatic heterocycles. The van der Waals surface area contributed by atoms with Gasteiger partial charge in [-0.2, -0.15) is 0 Å². The third-order valence-electron chi connectivity index (χ3n) is 3.18. The Labute approximate surface area is 143 Å². The number of amides is 1. The number of rotatable bonds is 7. The van der Waals surface area contributed by atoms with E-state index in [2.05, 4.69) is 10.6 Å². The molecule has 24 heavy (non-hydrogen) atoms. The molecule has 0 unspecified atom stereocenters. The van der Waals surface area contributed by atoms with Crippen LogP contribution in [0.15, 0.2) is 42.5 Å². The Bertz CT molecular complexity index is 752. The molecule has 0 bridgehead atoms. The highest BCUT2D eigenvalue weighted by Crippen LogP contribution is 2.21. The van der Waals surface area contributed by atoms with Gasteiger partial charge in [0.15, 0.2) is 0 Å². The molecule has 0 aliphatic rings. The number of anilines is 1. The first-order valence-corrected chi connectivity index (χ1v) is 7.52. The molecule has 2 aromatic carbocycles. The zero-order valence-corrected chi connectivity index (χ0v) is 13.7. The topological polar surface area (TPSA) is 93.5 Å². The van der Waals surface area contributed by atoms with Crippen LogP contribution in [0.3, 0.4) is 0 Å². The van der Waals surface area contributed by atoms with Crippen molar-refractivity contribution in [3.8, 4) is 5.75 Å². The lowest BCUT2D eigenvalue weighted by Gasteiger charge is -2.10. The van der Waals surface area contributed by atoms with Crippen LogP contribution >= 0.6 is 11.6 Å². The smallest absolute Gasteiger partial charge is 0.270 e. The van der Waals surface area contributed by atoms with Gasteiger partial charge < -0.3 is 15.4 Å². The number of nitro benzene ring substituents is 1. The van der Waals surface area contributed by atoms with Crippen molar-refractivity contribution in [3.05, 3.63) is 63.2 Å². The molecular weight excluding hydrogens is 334 g/mol. The molecule has 0 saturated carbocycles. The van der Waals surface area contributed by atoms with Crippen LogP contribution in [0.1, 0.15) is 10.4 Å². The second-order valence-corrected chi connectivity index (χ2v) is 5.24. The van der Waals surface area contributed by atoms with Crippen LogP contribution in [0.4, 0.5) is 11.4 Å². The summed E-state index contributed by atoms with van der Waals surface area (Å²) < 4.78 is 5.47. The van der Waals surface area contributed by atoms with Crippen molar-refractivity contribution < 1.29 is 14.5 Å². The van der Waals surface area contributed by atoms with Crippen LogP contribution in [0, 0.1) is 10.1 Å². The Hall–Kier alpha value is -2.80. The maximum atomic E-state index is 12.2. The van der Waals surface area contributed by atoms with Crippen LogP contribution in [-0.2, 0) is 0 Å². The molecule has 2 N–H and O–H groups in total. The van der Waals surface area contributed by atoms with E-state index in [1.165, 1.54) is 18.2 Å². The third kappa shape index (κ3) is 4.60. The van der Waals surface area contributed by atoms with Gasteiger partial charge in [0.05, 0.1) is 17.0 Å². The maximum absolute atomic E-state index is 12.2. The van der Waals surface area contributed by atoms with Crippen LogP contribution in [0.25, 0.3) is 0 Å². The molecule has 0 aliphatic heterocycles. The average Bonchev–Trinajstić information content (AvgIpc) is 2.58. The largest absolute Gasteiger partial charge is 0.492 e. The predicted molar refractivity (Wildman–Crippen MR) is 91.9 cm³/mol. The number of nitro groups is 1. The summed E-state index contributed by atoms with van der Waals surface area (Å²) in [5, 5.41) is 16.9. The van der Waals surface area contributed by atoms with Crippen molar-refractivity contribution in [3.63, 3.8) is 0 Å². The predicted octanol–water partition coefficient (Wildman–Crippen LogP) is 3.10. The molecule has 0 fully saturated rings. The van der Waals surface area contributed by atoms with Gasteiger partial charge in [0.2, 0.25) is 0 Å². The standard InChI is InChI=1S/C16H16ClN3O4/c1-18-15-6-5-12(20(22)23)10-14(15)16(21)19-7-8-24-13-4-2-3-11(17)9-13/h2-6,9-10,18H,7-8H2,1H3,(H,19,21). The van der Waals surface area contributed by atoms with Crippen molar-refractivity contribution >= 4 is 28.9 Å². The zero-order valence-electron chi connectivity index (χ0n) is 12.9. The lowest BCUT2D eigenvalue weighted by molar-refractivity contribution is -0.384. The minimum Gasteiger partial charge on any atom is -0.492 e. The van der Waals surface area contributed by atoms with Gasteiger partial charge in [0.25, 0.3) is 11.6 Å². The normalized spacial score (nSPS) is 10.1. The van der Waals surface area contributed by atoms with Gasteiger partial charge in [-0.05, 0) is 24.3 Å². The molecule has 2 rings (SSSR count). The van der Waals surface area contributed by atoms with E-state index in [4.69, 9.17) is 16.3 Å². The first-order valence-electron chi connectivity index (χ1n) is 7.14. The number of non-ortho nitro benzene ring substituents is 1. The van der Waals surface area contributed by atoms with E-state index >= 15 is 0 Å². The minimum absolute atomic E-state index is 0.144. The van der Waals surface area contributed by atoms with Crippen molar-refractivity contribution in [2.24, 2.45) is 0 Å². The number of ether oxygens (including phenoxy) is 1. The summed E-state index contributed by atoms with van der Waals surface area (Å²) in [5.74, 6) is 0.181. The number of carbonyl (C=O) groups excluding carboxylic acids is 1. The minimum atomic E-state index is -0.543. The highest BCUT2D eigenvalue weighted by atomic mass is 35.5. The number of nitrogens with zero attached hydrogens (tertiary/aromatic N) is 1. The van der Waals surface area contributed by atoms with Gasteiger partial charge in [-0.15, -0.1) is 0 Å². The molecule has 8 heteroatoms. The molecule has 0 heterocycles. The highest BCUT2D eigenvalue weighted by Gasteiger charge is 2.15. The first kappa shape index (κ1) is 17.6. The van der Waals surface area contributed by atoms with E-state index in [9.17, 15) is 14.9 Å². The van der Waals surface area contributed by atoms with Crippen molar-refractivity contribution in [2.45, 2.75) is 0 Å². The lowest BCUT2D eigenvalue weighted by Crippen LogP contribution is -2.28. The number of nitrogens with one attached hydrogen (secondary N) is 2. The van der Waals surface area contributed by atoms with E-state index < -0.39 is 10.8 Å². The zero-order chi connectivity index (χ0) is 17.5. The molecular formula is C16H16ClN3O4. The lowest BCUT2D eigenvalue weighted by atomic mass is 10.1. The summed E-state index contributed by atoms with van der Waals surface area (Å²) in [6, 6.07) is 11.0. The van der Waals surface area contributed by atoms with Crippen LogP contribution in [0.5, 0.6) is 5.75 Å². The summed E-state index contributed by atoms with van der Waals surface area (Å²) in [7, 11) is 1.64. The van der Waals surface area contributed by atoms with Gasteiger partial charge in [-0.25, -0.2) is 0 Å². The van der Waals surface area contributed by atoms with E-state index in [0.717, 1.165) is 0 Å². The Morgan fingerprint density at radius 3 is 2.75 bits per heavy atom. The fourth-order valence-electron chi connectivity index (χ4n) is 2.04. The van der Waals surface area contributed by atoms with Crippen molar-refractivity contribution in [1.82, 2.24) is 5.32 Å². The molecule has 1 amide bonds. The second kappa shape index (κ2) is 8.16. The maximum Gasteiger partial charge on any atom is 0.270 e. The monoisotopic (exact) mass is 349 g/mol. The van der Waals surface area contributed by atoms with Crippen LogP contribution < -0.4 is 15.4 Å². The van der Waals surface area contributed by atoms with E-state index in [1.807, 2.05) is 0 Å². The molecule has 0 spiro atoms. The Morgan fingerprint density at radius 2 is 2.08 bits per heavy atom. The summed E-state index contributed by atoms with van der Waals surface area (Å²) in [6.45, 7) is 0.493. The summed E-state index contributed by atoms with van der Waals surface area (Å²) >= 11 is 5.85. The summed E-state index contributed by atoms with van der Waals surface area (Å²) in [5.41, 5.74) is 0.567. The molecule has 126 valence electrons. The number of carbonyl (C=O) groups is 1. The van der Waals surface area contributed by atoms with E-state index in [0.29, 0.717) is 16.5 Å². The Morgan fingerprint density at radius 1 is 1.29 bits per heavy atom. The number of hydrogen-bond donors (Lipinski definition) is 2. The first-order chi connectivity index (χ1) is 11.5.